The number of amides is 1. The fourth-order valence-corrected chi connectivity index (χ4v) is 2.56. The highest BCUT2D eigenvalue weighted by Gasteiger charge is 2.29. The highest BCUT2D eigenvalue weighted by molar-refractivity contribution is 5.91. The van der Waals surface area contributed by atoms with Gasteiger partial charge in [0.25, 0.3) is 0 Å². The van der Waals surface area contributed by atoms with E-state index in [1.807, 2.05) is 26.8 Å². The number of fused-ring (bicyclic) bond motifs is 1. The largest absolute Gasteiger partial charge is 0.465 e. The molecule has 1 atom stereocenters. The Kier molecular flexibility index (Phi) is 4.21. The van der Waals surface area contributed by atoms with E-state index in [0.717, 1.165) is 24.0 Å². The van der Waals surface area contributed by atoms with E-state index in [1.165, 1.54) is 7.11 Å². The minimum atomic E-state index is -0.528. The number of alkyl carbamates (subject to hydrolysis) is 1. The van der Waals surface area contributed by atoms with Crippen LogP contribution in [0.5, 0.6) is 0 Å². The molecule has 0 spiro atoms. The van der Waals surface area contributed by atoms with E-state index in [0.29, 0.717) is 5.56 Å². The molecule has 5 nitrogen and oxygen atoms in total. The van der Waals surface area contributed by atoms with Crippen molar-refractivity contribution in [1.29, 1.82) is 0 Å². The molecule has 1 aliphatic rings. The lowest BCUT2D eigenvalue weighted by Crippen LogP contribution is -2.34. The molecule has 1 aromatic carbocycles. The number of ether oxygens (including phenoxy) is 2. The van der Waals surface area contributed by atoms with Crippen LogP contribution in [0.25, 0.3) is 0 Å². The van der Waals surface area contributed by atoms with Gasteiger partial charge in [0.1, 0.15) is 5.60 Å². The zero-order valence-corrected chi connectivity index (χ0v) is 12.9. The van der Waals surface area contributed by atoms with Gasteiger partial charge < -0.3 is 14.8 Å². The van der Waals surface area contributed by atoms with E-state index < -0.39 is 11.7 Å². The van der Waals surface area contributed by atoms with Gasteiger partial charge in [-0.1, -0.05) is 12.1 Å². The number of benzene rings is 1. The first-order chi connectivity index (χ1) is 9.81. The van der Waals surface area contributed by atoms with Gasteiger partial charge in [-0.2, -0.15) is 0 Å². The summed E-state index contributed by atoms with van der Waals surface area (Å²) in [6.45, 7) is 5.47. The maximum absolute atomic E-state index is 11.9. The summed E-state index contributed by atoms with van der Waals surface area (Å²) in [5.41, 5.74) is 1.96. The second kappa shape index (κ2) is 5.76. The van der Waals surface area contributed by atoms with Crippen molar-refractivity contribution >= 4 is 12.1 Å². The van der Waals surface area contributed by atoms with Crippen LogP contribution in [0.1, 0.15) is 54.7 Å². The molecule has 1 aliphatic carbocycles. The number of carbonyl (C=O) groups excluding carboxylic acids is 2. The van der Waals surface area contributed by atoms with Crippen molar-refractivity contribution in [2.24, 2.45) is 0 Å². The molecule has 21 heavy (non-hydrogen) atoms. The van der Waals surface area contributed by atoms with Crippen LogP contribution in [0.4, 0.5) is 4.79 Å². The number of carbonyl (C=O) groups is 2. The van der Waals surface area contributed by atoms with Gasteiger partial charge in [0.2, 0.25) is 0 Å². The SMILES string of the molecule is COC(=O)c1cccc2c1CC[C@@H]2NC(=O)OC(C)(C)C. The van der Waals surface area contributed by atoms with Crippen LogP contribution in [0.15, 0.2) is 18.2 Å². The lowest BCUT2D eigenvalue weighted by Gasteiger charge is -2.22. The van der Waals surface area contributed by atoms with Crippen molar-refractivity contribution in [2.45, 2.75) is 45.3 Å². The molecule has 0 heterocycles. The number of nitrogens with one attached hydrogen (secondary N) is 1. The summed E-state index contributed by atoms with van der Waals surface area (Å²) < 4.78 is 10.1. The lowest BCUT2D eigenvalue weighted by atomic mass is 10.0. The van der Waals surface area contributed by atoms with Crippen molar-refractivity contribution in [3.63, 3.8) is 0 Å². The fourth-order valence-electron chi connectivity index (χ4n) is 2.56. The molecule has 0 saturated carbocycles. The van der Waals surface area contributed by atoms with Gasteiger partial charge in [0, 0.05) is 0 Å². The monoisotopic (exact) mass is 291 g/mol. The van der Waals surface area contributed by atoms with Crippen LogP contribution >= 0.6 is 0 Å². The van der Waals surface area contributed by atoms with Crippen LogP contribution in [0.2, 0.25) is 0 Å². The Bertz CT molecular complexity index is 560. The van der Waals surface area contributed by atoms with Crippen molar-refractivity contribution in [3.8, 4) is 0 Å². The van der Waals surface area contributed by atoms with E-state index in [2.05, 4.69) is 5.32 Å². The zero-order valence-electron chi connectivity index (χ0n) is 12.9. The molecule has 0 aromatic heterocycles. The molecule has 1 N–H and O–H groups in total. The third kappa shape index (κ3) is 3.54. The maximum Gasteiger partial charge on any atom is 0.408 e. The number of esters is 1. The minimum absolute atomic E-state index is 0.126. The lowest BCUT2D eigenvalue weighted by molar-refractivity contribution is 0.0503. The molecule has 114 valence electrons. The van der Waals surface area contributed by atoms with Crippen molar-refractivity contribution in [2.75, 3.05) is 7.11 Å². The Morgan fingerprint density at radius 2 is 2.00 bits per heavy atom. The van der Waals surface area contributed by atoms with Crippen LogP contribution in [0, 0.1) is 0 Å². The molecule has 0 bridgehead atoms. The van der Waals surface area contributed by atoms with E-state index in [9.17, 15) is 9.59 Å². The average molecular weight is 291 g/mol. The van der Waals surface area contributed by atoms with E-state index in [4.69, 9.17) is 9.47 Å². The average Bonchev–Trinajstić information content (AvgIpc) is 2.79. The topological polar surface area (TPSA) is 64.6 Å². The van der Waals surface area contributed by atoms with E-state index >= 15 is 0 Å². The molecule has 5 heteroatoms. The number of rotatable bonds is 2. The Balaban J connectivity index is 2.16. The molecule has 0 saturated heterocycles. The highest BCUT2D eigenvalue weighted by Crippen LogP contribution is 2.33. The summed E-state index contributed by atoms with van der Waals surface area (Å²) >= 11 is 0. The van der Waals surface area contributed by atoms with E-state index in [1.54, 1.807) is 12.1 Å². The minimum Gasteiger partial charge on any atom is -0.465 e. The van der Waals surface area contributed by atoms with Crippen LogP contribution < -0.4 is 5.32 Å². The van der Waals surface area contributed by atoms with Crippen molar-refractivity contribution < 1.29 is 19.1 Å². The summed E-state index contributed by atoms with van der Waals surface area (Å²) in [5.74, 6) is -0.343. The Labute approximate surface area is 124 Å². The van der Waals surface area contributed by atoms with Gasteiger partial charge in [-0.15, -0.1) is 0 Å². The van der Waals surface area contributed by atoms with Gasteiger partial charge in [-0.25, -0.2) is 9.59 Å². The van der Waals surface area contributed by atoms with Gasteiger partial charge in [-0.05, 0) is 50.8 Å². The second-order valence-electron chi connectivity index (χ2n) is 6.10. The Morgan fingerprint density at radius 3 is 2.62 bits per heavy atom. The van der Waals surface area contributed by atoms with Gasteiger partial charge in [-0.3, -0.25) is 0 Å². The third-order valence-corrected chi connectivity index (χ3v) is 3.37. The zero-order chi connectivity index (χ0) is 15.6. The van der Waals surface area contributed by atoms with Crippen molar-refractivity contribution in [3.05, 3.63) is 34.9 Å². The standard InChI is InChI=1S/C16H21NO4/c1-16(2,3)21-15(19)17-13-9-8-10-11(13)6-5-7-12(10)14(18)20-4/h5-7,13H,8-9H2,1-4H3,(H,17,19)/t13-/m0/s1. The quantitative estimate of drug-likeness (QED) is 0.851. The predicted molar refractivity (Wildman–Crippen MR) is 78.2 cm³/mol. The van der Waals surface area contributed by atoms with Crippen LogP contribution in [-0.4, -0.2) is 24.8 Å². The summed E-state index contributed by atoms with van der Waals surface area (Å²) in [7, 11) is 1.37. The summed E-state index contributed by atoms with van der Waals surface area (Å²) in [6.07, 6.45) is 1.05. The molecule has 0 aliphatic heterocycles. The molecule has 0 unspecified atom stereocenters. The highest BCUT2D eigenvalue weighted by atomic mass is 16.6. The molecule has 0 radical (unpaired) electrons. The Morgan fingerprint density at radius 1 is 1.29 bits per heavy atom. The molecular formula is C16H21NO4. The number of hydrogen-bond donors (Lipinski definition) is 1. The molecule has 1 amide bonds. The normalized spacial score (nSPS) is 17.0. The van der Waals surface area contributed by atoms with Gasteiger partial charge >= 0.3 is 12.1 Å². The summed E-state index contributed by atoms with van der Waals surface area (Å²) in [5, 5.41) is 2.86. The summed E-state index contributed by atoms with van der Waals surface area (Å²) in [4.78, 5) is 23.6. The molecule has 2 rings (SSSR count). The Hall–Kier alpha value is -2.04. The van der Waals surface area contributed by atoms with Gasteiger partial charge in [0.15, 0.2) is 0 Å². The van der Waals surface area contributed by atoms with E-state index in [-0.39, 0.29) is 12.0 Å². The molecular weight excluding hydrogens is 270 g/mol. The number of methoxy groups -OCH3 is 1. The van der Waals surface area contributed by atoms with Crippen LogP contribution in [0.3, 0.4) is 0 Å². The summed E-state index contributed by atoms with van der Waals surface area (Å²) in [6, 6.07) is 5.36. The second-order valence-corrected chi connectivity index (χ2v) is 6.10. The molecule has 1 aromatic rings. The predicted octanol–water partition coefficient (Wildman–Crippen LogP) is 2.99. The first kappa shape index (κ1) is 15.4. The smallest absolute Gasteiger partial charge is 0.408 e. The molecule has 0 fully saturated rings. The number of hydrogen-bond acceptors (Lipinski definition) is 4. The fraction of sp³-hybridized carbons (Fsp3) is 0.500. The maximum atomic E-state index is 11.9. The van der Waals surface area contributed by atoms with Gasteiger partial charge in [0.05, 0.1) is 18.7 Å². The van der Waals surface area contributed by atoms with Crippen LogP contribution in [-0.2, 0) is 15.9 Å². The third-order valence-electron chi connectivity index (χ3n) is 3.37. The van der Waals surface area contributed by atoms with Crippen molar-refractivity contribution in [1.82, 2.24) is 5.32 Å². The first-order valence-electron chi connectivity index (χ1n) is 7.01. The first-order valence-corrected chi connectivity index (χ1v) is 7.01.